The van der Waals surface area contributed by atoms with Crippen molar-refractivity contribution < 1.29 is 18.4 Å². The van der Waals surface area contributed by atoms with Crippen molar-refractivity contribution in [3.63, 3.8) is 0 Å². The van der Waals surface area contributed by atoms with Crippen molar-refractivity contribution in [2.24, 2.45) is 0 Å². The highest BCUT2D eigenvalue weighted by atomic mass is 32.1. The Balaban J connectivity index is 1.38. The molecule has 0 radical (unpaired) electrons. The van der Waals surface area contributed by atoms with Gasteiger partial charge in [-0.1, -0.05) is 23.5 Å². The summed E-state index contributed by atoms with van der Waals surface area (Å²) in [5.74, 6) is -2.15. The first kappa shape index (κ1) is 26.6. The Labute approximate surface area is 221 Å². The average Bonchev–Trinajstić information content (AvgIpc) is 3.27. The van der Waals surface area contributed by atoms with Crippen molar-refractivity contribution in [1.29, 1.82) is 0 Å². The number of nitrogens with one attached hydrogen (secondary N) is 2. The SMILES string of the molecule is CCN(C[C@@H](C)NC(=O)c1ccc(Nc2nc(N)c(C(=O)c3c(F)cccc3F)s2)nc1)c1ccccn1. The van der Waals surface area contributed by atoms with E-state index in [0.717, 1.165) is 35.8 Å². The molecule has 9 nitrogen and oxygen atoms in total. The van der Waals surface area contributed by atoms with Crippen molar-refractivity contribution in [3.05, 3.63) is 88.6 Å². The van der Waals surface area contributed by atoms with Crippen LogP contribution >= 0.6 is 11.3 Å². The molecule has 0 saturated heterocycles. The zero-order valence-corrected chi connectivity index (χ0v) is 21.4. The summed E-state index contributed by atoms with van der Waals surface area (Å²) in [6, 6.07) is 11.8. The number of thiazole rings is 1. The third kappa shape index (κ3) is 6.09. The Hall–Kier alpha value is -4.45. The van der Waals surface area contributed by atoms with Gasteiger partial charge in [0.05, 0.1) is 11.1 Å². The number of nitrogen functional groups attached to an aromatic ring is 1. The number of rotatable bonds is 10. The first-order chi connectivity index (χ1) is 18.3. The summed E-state index contributed by atoms with van der Waals surface area (Å²) < 4.78 is 28.1. The van der Waals surface area contributed by atoms with Gasteiger partial charge in [0.1, 0.15) is 34.0 Å². The molecule has 12 heteroatoms. The van der Waals surface area contributed by atoms with Crippen LogP contribution in [0.15, 0.2) is 60.9 Å². The molecule has 0 aliphatic heterocycles. The summed E-state index contributed by atoms with van der Waals surface area (Å²) in [6.45, 7) is 5.25. The molecule has 0 aliphatic carbocycles. The van der Waals surface area contributed by atoms with Crippen LogP contribution in [0.3, 0.4) is 0 Å². The zero-order chi connectivity index (χ0) is 27.2. The minimum Gasteiger partial charge on any atom is -0.382 e. The van der Waals surface area contributed by atoms with E-state index in [9.17, 15) is 18.4 Å². The van der Waals surface area contributed by atoms with Gasteiger partial charge in [0.15, 0.2) is 5.13 Å². The molecular formula is C26H25F2N7O2S. The smallest absolute Gasteiger partial charge is 0.253 e. The van der Waals surface area contributed by atoms with E-state index in [-0.39, 0.29) is 27.8 Å². The third-order valence-corrected chi connectivity index (χ3v) is 6.52. The molecule has 1 atom stereocenters. The molecule has 0 spiro atoms. The van der Waals surface area contributed by atoms with Crippen LogP contribution in [0.2, 0.25) is 0 Å². The number of hydrogen-bond donors (Lipinski definition) is 3. The van der Waals surface area contributed by atoms with Crippen molar-refractivity contribution in [2.45, 2.75) is 19.9 Å². The van der Waals surface area contributed by atoms with Gasteiger partial charge in [-0.3, -0.25) is 9.59 Å². The number of pyridine rings is 2. The van der Waals surface area contributed by atoms with Gasteiger partial charge in [0.25, 0.3) is 5.91 Å². The Bertz CT molecular complexity index is 1410. The topological polar surface area (TPSA) is 126 Å². The number of benzene rings is 1. The molecule has 0 bridgehead atoms. The highest BCUT2D eigenvalue weighted by molar-refractivity contribution is 7.18. The van der Waals surface area contributed by atoms with Crippen molar-refractivity contribution in [3.8, 4) is 0 Å². The van der Waals surface area contributed by atoms with Crippen LogP contribution in [0, 0.1) is 11.6 Å². The summed E-state index contributed by atoms with van der Waals surface area (Å²) in [5, 5.41) is 6.05. The second kappa shape index (κ2) is 11.7. The molecule has 1 aromatic carbocycles. The number of amides is 1. The lowest BCUT2D eigenvalue weighted by Crippen LogP contribution is -2.42. The summed E-state index contributed by atoms with van der Waals surface area (Å²) >= 11 is 0.840. The van der Waals surface area contributed by atoms with Crippen LogP contribution in [0.4, 0.5) is 31.4 Å². The lowest BCUT2D eigenvalue weighted by molar-refractivity contribution is 0.0940. The number of carbonyl (C=O) groups is 2. The lowest BCUT2D eigenvalue weighted by Gasteiger charge is -2.26. The monoisotopic (exact) mass is 537 g/mol. The third-order valence-electron chi connectivity index (χ3n) is 5.54. The number of likely N-dealkylation sites (N-methyl/N-ethyl adjacent to an activating group) is 1. The number of ketones is 1. The summed E-state index contributed by atoms with van der Waals surface area (Å²) in [7, 11) is 0. The molecular weight excluding hydrogens is 512 g/mol. The molecule has 0 aliphatic rings. The molecule has 196 valence electrons. The summed E-state index contributed by atoms with van der Waals surface area (Å²) in [5.41, 5.74) is 5.50. The number of hydrogen-bond acceptors (Lipinski definition) is 9. The van der Waals surface area contributed by atoms with E-state index < -0.39 is 23.0 Å². The van der Waals surface area contributed by atoms with Gasteiger partial charge in [-0.05, 0) is 50.2 Å². The normalized spacial score (nSPS) is 11.6. The fourth-order valence-electron chi connectivity index (χ4n) is 3.70. The molecule has 4 aromatic rings. The van der Waals surface area contributed by atoms with Crippen LogP contribution in [0.1, 0.15) is 39.4 Å². The molecule has 0 saturated carbocycles. The molecule has 4 rings (SSSR count). The quantitative estimate of drug-likeness (QED) is 0.254. The zero-order valence-electron chi connectivity index (χ0n) is 20.6. The number of aromatic nitrogens is 3. The van der Waals surface area contributed by atoms with E-state index >= 15 is 0 Å². The van der Waals surface area contributed by atoms with Gasteiger partial charge < -0.3 is 21.3 Å². The molecule has 38 heavy (non-hydrogen) atoms. The maximum absolute atomic E-state index is 14.0. The molecule has 4 N–H and O–H groups in total. The Morgan fingerprint density at radius 3 is 2.47 bits per heavy atom. The van der Waals surface area contributed by atoms with E-state index in [1.165, 1.54) is 12.3 Å². The maximum Gasteiger partial charge on any atom is 0.253 e. The molecule has 3 heterocycles. The van der Waals surface area contributed by atoms with E-state index in [1.807, 2.05) is 32.0 Å². The van der Waals surface area contributed by atoms with E-state index in [2.05, 4.69) is 30.5 Å². The maximum atomic E-state index is 14.0. The van der Waals surface area contributed by atoms with Gasteiger partial charge in [-0.2, -0.15) is 0 Å². The van der Waals surface area contributed by atoms with E-state index in [4.69, 9.17) is 5.73 Å². The number of carbonyl (C=O) groups excluding carboxylic acids is 2. The minimum atomic E-state index is -0.985. The van der Waals surface area contributed by atoms with Crippen molar-refractivity contribution in [2.75, 3.05) is 29.0 Å². The van der Waals surface area contributed by atoms with Crippen LogP contribution < -0.4 is 21.3 Å². The Morgan fingerprint density at radius 2 is 1.84 bits per heavy atom. The molecule has 0 unspecified atom stereocenters. The largest absolute Gasteiger partial charge is 0.382 e. The van der Waals surface area contributed by atoms with Crippen molar-refractivity contribution in [1.82, 2.24) is 20.3 Å². The van der Waals surface area contributed by atoms with Crippen LogP contribution in [0.25, 0.3) is 0 Å². The van der Waals surface area contributed by atoms with Gasteiger partial charge in [-0.15, -0.1) is 0 Å². The van der Waals surface area contributed by atoms with Gasteiger partial charge in [-0.25, -0.2) is 23.7 Å². The van der Waals surface area contributed by atoms with Crippen molar-refractivity contribution >= 4 is 45.6 Å². The van der Waals surface area contributed by atoms with Crippen LogP contribution in [-0.4, -0.2) is 45.8 Å². The molecule has 3 aromatic heterocycles. The second-order valence-corrected chi connectivity index (χ2v) is 9.32. The second-order valence-electron chi connectivity index (χ2n) is 8.32. The molecule has 1 amide bonds. The Morgan fingerprint density at radius 1 is 1.08 bits per heavy atom. The van der Waals surface area contributed by atoms with Gasteiger partial charge in [0, 0.05) is 31.5 Å². The highest BCUT2D eigenvalue weighted by Gasteiger charge is 2.24. The predicted molar refractivity (Wildman–Crippen MR) is 143 cm³/mol. The average molecular weight is 538 g/mol. The standard InChI is InChI=1S/C26H25F2N7O2S/c1-3-35(20-9-4-5-12-30-20)14-15(2)32-25(37)16-10-11-19(31-13-16)33-26-34-24(29)23(38-26)22(36)21-17(27)7-6-8-18(21)28/h4-13,15H,3,14,29H2,1-2H3,(H,32,37)(H,31,33,34)/t15-/m1/s1. The van der Waals surface area contributed by atoms with E-state index in [0.29, 0.717) is 17.9 Å². The number of halogens is 2. The minimum absolute atomic E-state index is 0.103. The molecule has 0 fully saturated rings. The fourth-order valence-corrected chi connectivity index (χ4v) is 4.53. The first-order valence-corrected chi connectivity index (χ1v) is 12.5. The van der Waals surface area contributed by atoms with Gasteiger partial charge >= 0.3 is 0 Å². The Kier molecular flexibility index (Phi) is 8.22. The first-order valence-electron chi connectivity index (χ1n) is 11.7. The highest BCUT2D eigenvalue weighted by Crippen LogP contribution is 2.30. The van der Waals surface area contributed by atoms with E-state index in [1.54, 1.807) is 18.3 Å². The summed E-state index contributed by atoms with van der Waals surface area (Å²) in [4.78, 5) is 40.0. The number of anilines is 4. The number of nitrogens with zero attached hydrogens (tertiary/aromatic N) is 4. The van der Waals surface area contributed by atoms with Crippen LogP contribution in [-0.2, 0) is 0 Å². The van der Waals surface area contributed by atoms with Gasteiger partial charge in [0.2, 0.25) is 5.78 Å². The van der Waals surface area contributed by atoms with Crippen LogP contribution in [0.5, 0.6) is 0 Å². The predicted octanol–water partition coefficient (Wildman–Crippen LogP) is 4.41. The summed E-state index contributed by atoms with van der Waals surface area (Å²) in [6.07, 6.45) is 3.13. The number of nitrogens with two attached hydrogens (primary N) is 1. The fraction of sp³-hybridized carbons (Fsp3) is 0.192. The lowest BCUT2D eigenvalue weighted by atomic mass is 10.1.